The quantitative estimate of drug-likeness (QED) is 0.405. The number of carbonyl (C=O) groups is 2. The first-order valence-electron chi connectivity index (χ1n) is 8.21. The molecule has 6 nitrogen and oxygen atoms in total. The Balaban J connectivity index is 1.99. The van der Waals surface area contributed by atoms with Crippen molar-refractivity contribution in [2.24, 2.45) is 0 Å². The number of rotatable bonds is 8. The minimum atomic E-state index is -0.888. The van der Waals surface area contributed by atoms with Gasteiger partial charge in [0.1, 0.15) is 6.07 Å². The number of benzene rings is 2. The van der Waals surface area contributed by atoms with Crippen molar-refractivity contribution in [3.63, 3.8) is 0 Å². The fourth-order valence-electron chi connectivity index (χ4n) is 2.29. The molecule has 2 aromatic carbocycles. The maximum absolute atomic E-state index is 12.2. The minimum Gasteiger partial charge on any atom is -0.493 e. The molecule has 138 valence electrons. The zero-order chi connectivity index (χ0) is 19.6. The Kier molecular flexibility index (Phi) is 7.15. The molecule has 0 heterocycles. The van der Waals surface area contributed by atoms with E-state index in [1.165, 1.54) is 20.1 Å². The van der Waals surface area contributed by atoms with Gasteiger partial charge in [-0.2, -0.15) is 5.26 Å². The number of carbonyl (C=O) groups excluding carboxylic acids is 2. The molecule has 6 heteroatoms. The van der Waals surface area contributed by atoms with Gasteiger partial charge in [0, 0.05) is 11.6 Å². The first-order valence-corrected chi connectivity index (χ1v) is 8.21. The molecule has 0 fully saturated rings. The van der Waals surface area contributed by atoms with E-state index in [1.54, 1.807) is 54.6 Å². The molecule has 0 N–H and O–H groups in total. The summed E-state index contributed by atoms with van der Waals surface area (Å²) in [5.41, 5.74) is 1.16. The Labute approximate surface area is 157 Å². The molecule has 0 aromatic heterocycles. The summed E-state index contributed by atoms with van der Waals surface area (Å²) in [6, 6.07) is 15.5. The van der Waals surface area contributed by atoms with Crippen LogP contribution in [0.3, 0.4) is 0 Å². The largest absolute Gasteiger partial charge is 0.493 e. The summed E-state index contributed by atoms with van der Waals surface area (Å²) < 4.78 is 15.6. The van der Waals surface area contributed by atoms with E-state index in [1.807, 2.05) is 6.07 Å². The van der Waals surface area contributed by atoms with Crippen LogP contribution >= 0.6 is 0 Å². The topological polar surface area (TPSA) is 85.6 Å². The third kappa shape index (κ3) is 5.72. The van der Waals surface area contributed by atoms with Crippen molar-refractivity contribution in [3.8, 4) is 17.6 Å². The van der Waals surface area contributed by atoms with Gasteiger partial charge in [0.05, 0.1) is 7.11 Å². The minimum absolute atomic E-state index is 0.0921. The standard InChI is InChI=1S/C21H19NO5/c1-15(21(24)17-6-4-3-5-7-17)27-20(23)11-9-16-8-10-18(26-13-12-22)19(14-16)25-2/h3-11,14-15H,13H2,1-2H3. The summed E-state index contributed by atoms with van der Waals surface area (Å²) in [4.78, 5) is 24.2. The van der Waals surface area contributed by atoms with Gasteiger partial charge in [0.25, 0.3) is 0 Å². The van der Waals surface area contributed by atoms with E-state index < -0.39 is 12.1 Å². The van der Waals surface area contributed by atoms with Gasteiger partial charge in [-0.05, 0) is 30.7 Å². The van der Waals surface area contributed by atoms with Crippen LogP contribution < -0.4 is 9.47 Å². The van der Waals surface area contributed by atoms with E-state index in [4.69, 9.17) is 19.5 Å². The Bertz CT molecular complexity index is 868. The van der Waals surface area contributed by atoms with Crippen molar-refractivity contribution >= 4 is 17.8 Å². The monoisotopic (exact) mass is 365 g/mol. The third-order valence-electron chi connectivity index (χ3n) is 3.61. The van der Waals surface area contributed by atoms with Crippen molar-refractivity contribution in [1.82, 2.24) is 0 Å². The molecule has 1 unspecified atom stereocenters. The normalized spacial score (nSPS) is 11.4. The van der Waals surface area contributed by atoms with E-state index >= 15 is 0 Å². The van der Waals surface area contributed by atoms with Crippen LogP contribution in [0.1, 0.15) is 22.8 Å². The van der Waals surface area contributed by atoms with Gasteiger partial charge < -0.3 is 14.2 Å². The first-order chi connectivity index (χ1) is 13.0. The zero-order valence-electron chi connectivity index (χ0n) is 15.0. The number of nitriles is 1. The molecule has 0 aliphatic heterocycles. The number of ketones is 1. The second-order valence-corrected chi connectivity index (χ2v) is 5.50. The van der Waals surface area contributed by atoms with Crippen LogP contribution in [0.15, 0.2) is 54.6 Å². The van der Waals surface area contributed by atoms with Crippen molar-refractivity contribution in [3.05, 3.63) is 65.7 Å². The Hall–Kier alpha value is -3.59. The summed E-state index contributed by atoms with van der Waals surface area (Å²) in [5.74, 6) is -0.0252. The molecular weight excluding hydrogens is 346 g/mol. The Morgan fingerprint density at radius 3 is 2.56 bits per heavy atom. The molecule has 0 bridgehead atoms. The van der Waals surface area contributed by atoms with Crippen molar-refractivity contribution in [2.75, 3.05) is 13.7 Å². The van der Waals surface area contributed by atoms with Gasteiger partial charge in [-0.3, -0.25) is 4.79 Å². The molecule has 0 saturated heterocycles. The lowest BCUT2D eigenvalue weighted by Crippen LogP contribution is -2.23. The molecular formula is C21H19NO5. The molecule has 0 aliphatic rings. The van der Waals surface area contributed by atoms with E-state index in [0.29, 0.717) is 22.6 Å². The highest BCUT2D eigenvalue weighted by Crippen LogP contribution is 2.28. The summed E-state index contributed by atoms with van der Waals surface area (Å²) in [6.45, 7) is 1.44. The molecule has 0 radical (unpaired) electrons. The van der Waals surface area contributed by atoms with Crippen LogP contribution in [-0.4, -0.2) is 31.6 Å². The highest BCUT2D eigenvalue weighted by molar-refractivity contribution is 6.01. The summed E-state index contributed by atoms with van der Waals surface area (Å²) in [6.07, 6.45) is 1.89. The third-order valence-corrected chi connectivity index (χ3v) is 3.61. The average molecular weight is 365 g/mol. The van der Waals surface area contributed by atoms with E-state index in [9.17, 15) is 9.59 Å². The Morgan fingerprint density at radius 2 is 1.89 bits per heavy atom. The number of ether oxygens (including phenoxy) is 3. The lowest BCUT2D eigenvalue weighted by Gasteiger charge is -2.11. The number of hydrogen-bond acceptors (Lipinski definition) is 6. The number of hydrogen-bond donors (Lipinski definition) is 0. The Morgan fingerprint density at radius 1 is 1.15 bits per heavy atom. The summed E-state index contributed by atoms with van der Waals surface area (Å²) in [7, 11) is 1.48. The lowest BCUT2D eigenvalue weighted by molar-refractivity contribution is -0.140. The maximum Gasteiger partial charge on any atom is 0.331 e. The number of methoxy groups -OCH3 is 1. The van der Waals surface area contributed by atoms with Gasteiger partial charge in [0.2, 0.25) is 5.78 Å². The second-order valence-electron chi connectivity index (χ2n) is 5.50. The maximum atomic E-state index is 12.2. The predicted molar refractivity (Wildman–Crippen MR) is 99.5 cm³/mol. The second kappa shape index (κ2) is 9.78. The number of nitrogens with zero attached hydrogens (tertiary/aromatic N) is 1. The fourth-order valence-corrected chi connectivity index (χ4v) is 2.29. The van der Waals surface area contributed by atoms with Gasteiger partial charge in [-0.25, -0.2) is 4.79 Å². The SMILES string of the molecule is COc1cc(C=CC(=O)OC(C)C(=O)c2ccccc2)ccc1OCC#N. The molecule has 0 aliphatic carbocycles. The first kappa shape index (κ1) is 19.7. The zero-order valence-corrected chi connectivity index (χ0v) is 15.0. The highest BCUT2D eigenvalue weighted by atomic mass is 16.5. The molecule has 0 spiro atoms. The number of esters is 1. The molecule has 0 amide bonds. The van der Waals surface area contributed by atoms with Gasteiger partial charge in [0.15, 0.2) is 24.2 Å². The average Bonchev–Trinajstić information content (AvgIpc) is 2.70. The van der Waals surface area contributed by atoms with Crippen LogP contribution in [0, 0.1) is 11.3 Å². The predicted octanol–water partition coefficient (Wildman–Crippen LogP) is 3.43. The van der Waals surface area contributed by atoms with Crippen LogP contribution in [-0.2, 0) is 9.53 Å². The molecule has 1 atom stereocenters. The van der Waals surface area contributed by atoms with Crippen molar-refractivity contribution in [2.45, 2.75) is 13.0 Å². The summed E-state index contributed by atoms with van der Waals surface area (Å²) in [5, 5.41) is 8.57. The van der Waals surface area contributed by atoms with Crippen LogP contribution in [0.2, 0.25) is 0 Å². The lowest BCUT2D eigenvalue weighted by atomic mass is 10.1. The highest BCUT2D eigenvalue weighted by Gasteiger charge is 2.18. The van der Waals surface area contributed by atoms with Gasteiger partial charge in [-0.1, -0.05) is 36.4 Å². The van der Waals surface area contributed by atoms with E-state index in [-0.39, 0.29) is 12.4 Å². The van der Waals surface area contributed by atoms with Crippen LogP contribution in [0.4, 0.5) is 0 Å². The molecule has 27 heavy (non-hydrogen) atoms. The van der Waals surface area contributed by atoms with E-state index in [0.717, 1.165) is 0 Å². The van der Waals surface area contributed by atoms with Crippen LogP contribution in [0.5, 0.6) is 11.5 Å². The summed E-state index contributed by atoms with van der Waals surface area (Å²) >= 11 is 0. The smallest absolute Gasteiger partial charge is 0.331 e. The molecule has 2 rings (SSSR count). The van der Waals surface area contributed by atoms with Crippen molar-refractivity contribution in [1.29, 1.82) is 5.26 Å². The number of Topliss-reactive ketones (excluding diaryl/α,β-unsaturated/α-hetero) is 1. The fraction of sp³-hybridized carbons (Fsp3) is 0.190. The molecule has 2 aromatic rings. The molecule has 0 saturated carbocycles. The van der Waals surface area contributed by atoms with Gasteiger partial charge >= 0.3 is 5.97 Å². The van der Waals surface area contributed by atoms with Gasteiger partial charge in [-0.15, -0.1) is 0 Å². The van der Waals surface area contributed by atoms with E-state index in [2.05, 4.69) is 0 Å². The van der Waals surface area contributed by atoms with Crippen molar-refractivity contribution < 1.29 is 23.8 Å². The van der Waals surface area contributed by atoms with Crippen LogP contribution in [0.25, 0.3) is 6.08 Å².